The van der Waals surface area contributed by atoms with Gasteiger partial charge in [0.2, 0.25) is 5.91 Å². The number of rotatable bonds is 4. The summed E-state index contributed by atoms with van der Waals surface area (Å²) in [5, 5.41) is 0.873. The summed E-state index contributed by atoms with van der Waals surface area (Å²) in [7, 11) is 0. The summed E-state index contributed by atoms with van der Waals surface area (Å²) in [6.45, 7) is 4.54. The van der Waals surface area contributed by atoms with E-state index in [0.717, 1.165) is 19.3 Å². The molecule has 1 heterocycles. The average molecular weight is 357 g/mol. The molecule has 0 atom stereocenters. The van der Waals surface area contributed by atoms with Crippen LogP contribution in [0, 0.1) is 0 Å². The third-order valence-corrected chi connectivity index (χ3v) is 4.59. The first-order chi connectivity index (χ1) is 11.0. The van der Waals surface area contributed by atoms with Crippen LogP contribution in [0.25, 0.3) is 0 Å². The minimum absolute atomic E-state index is 0.102. The van der Waals surface area contributed by atoms with Crippen LogP contribution in [0.4, 0.5) is 0 Å². The van der Waals surface area contributed by atoms with Gasteiger partial charge < -0.3 is 9.80 Å². The standard InChI is InChI=1S/C17H22Cl2N2O2/c1-2-3-5-16(22)20-8-4-9-21(11-10-20)17(23)14-7-6-13(18)12-15(14)19/h6-7,12H,2-5,8-11H2,1H3. The smallest absolute Gasteiger partial charge is 0.255 e. The highest BCUT2D eigenvalue weighted by molar-refractivity contribution is 6.36. The van der Waals surface area contributed by atoms with Gasteiger partial charge in [-0.25, -0.2) is 0 Å². The predicted octanol–water partition coefficient (Wildman–Crippen LogP) is 3.86. The van der Waals surface area contributed by atoms with Gasteiger partial charge in [-0.05, 0) is 31.0 Å². The highest BCUT2D eigenvalue weighted by atomic mass is 35.5. The summed E-state index contributed by atoms with van der Waals surface area (Å²) in [5.41, 5.74) is 0.460. The lowest BCUT2D eigenvalue weighted by Crippen LogP contribution is -2.37. The number of halogens is 2. The highest BCUT2D eigenvalue weighted by Crippen LogP contribution is 2.23. The maximum Gasteiger partial charge on any atom is 0.255 e. The first kappa shape index (κ1) is 18.1. The SMILES string of the molecule is CCCCC(=O)N1CCCN(C(=O)c2ccc(Cl)cc2Cl)CC1. The van der Waals surface area contributed by atoms with E-state index >= 15 is 0 Å². The van der Waals surface area contributed by atoms with E-state index in [1.807, 2.05) is 4.90 Å². The zero-order valence-electron chi connectivity index (χ0n) is 13.4. The van der Waals surface area contributed by atoms with Crippen molar-refractivity contribution in [3.05, 3.63) is 33.8 Å². The lowest BCUT2D eigenvalue weighted by Gasteiger charge is -2.22. The zero-order chi connectivity index (χ0) is 16.8. The predicted molar refractivity (Wildman–Crippen MR) is 93.1 cm³/mol. The van der Waals surface area contributed by atoms with Gasteiger partial charge >= 0.3 is 0 Å². The molecule has 1 aliphatic heterocycles. The number of carbonyl (C=O) groups is 2. The maximum atomic E-state index is 12.6. The van der Waals surface area contributed by atoms with Gasteiger partial charge in [0, 0.05) is 37.6 Å². The number of unbranched alkanes of at least 4 members (excludes halogenated alkanes) is 1. The lowest BCUT2D eigenvalue weighted by molar-refractivity contribution is -0.131. The molecule has 0 radical (unpaired) electrons. The number of nitrogens with zero attached hydrogens (tertiary/aromatic N) is 2. The summed E-state index contributed by atoms with van der Waals surface area (Å²) in [6.07, 6.45) is 3.31. The molecule has 6 heteroatoms. The molecule has 0 aromatic heterocycles. The summed E-state index contributed by atoms with van der Waals surface area (Å²) < 4.78 is 0. The number of hydrogen-bond acceptors (Lipinski definition) is 2. The molecule has 0 unspecified atom stereocenters. The van der Waals surface area contributed by atoms with Gasteiger partial charge in [-0.3, -0.25) is 9.59 Å². The Kier molecular flexibility index (Phi) is 6.72. The van der Waals surface area contributed by atoms with Crippen molar-refractivity contribution >= 4 is 35.0 Å². The molecule has 0 N–H and O–H groups in total. The molecule has 0 bridgehead atoms. The van der Waals surface area contributed by atoms with Crippen molar-refractivity contribution in [2.45, 2.75) is 32.6 Å². The number of benzene rings is 1. The molecule has 1 aromatic rings. The quantitative estimate of drug-likeness (QED) is 0.821. The molecule has 0 spiro atoms. The van der Waals surface area contributed by atoms with E-state index in [4.69, 9.17) is 23.2 Å². The second-order valence-electron chi connectivity index (χ2n) is 5.75. The molecule has 1 aromatic carbocycles. The second kappa shape index (κ2) is 8.55. The van der Waals surface area contributed by atoms with Crippen LogP contribution in [0.15, 0.2) is 18.2 Å². The van der Waals surface area contributed by atoms with Gasteiger partial charge in [0.05, 0.1) is 10.6 Å². The molecule has 1 aliphatic rings. The third-order valence-electron chi connectivity index (χ3n) is 4.04. The van der Waals surface area contributed by atoms with Crippen LogP contribution in [0.2, 0.25) is 10.0 Å². The summed E-state index contributed by atoms with van der Waals surface area (Å²) in [4.78, 5) is 28.4. The Balaban J connectivity index is 1.99. The Morgan fingerprint density at radius 2 is 1.78 bits per heavy atom. The van der Waals surface area contributed by atoms with Crippen LogP contribution in [0.1, 0.15) is 43.0 Å². The van der Waals surface area contributed by atoms with Crippen LogP contribution in [-0.4, -0.2) is 47.8 Å². The van der Waals surface area contributed by atoms with E-state index in [9.17, 15) is 9.59 Å². The minimum Gasteiger partial charge on any atom is -0.341 e. The molecule has 0 aliphatic carbocycles. The fourth-order valence-electron chi connectivity index (χ4n) is 2.69. The van der Waals surface area contributed by atoms with Gasteiger partial charge in [0.15, 0.2) is 0 Å². The van der Waals surface area contributed by atoms with Crippen LogP contribution >= 0.6 is 23.2 Å². The van der Waals surface area contributed by atoms with Crippen LogP contribution in [0.3, 0.4) is 0 Å². The Labute approximate surface area is 147 Å². The van der Waals surface area contributed by atoms with E-state index < -0.39 is 0 Å². The normalized spacial score (nSPS) is 15.4. The van der Waals surface area contributed by atoms with E-state index in [0.29, 0.717) is 48.2 Å². The average Bonchev–Trinajstić information content (AvgIpc) is 2.78. The Hall–Kier alpha value is -1.26. The molecule has 1 saturated heterocycles. The van der Waals surface area contributed by atoms with E-state index in [1.54, 1.807) is 23.1 Å². The topological polar surface area (TPSA) is 40.6 Å². The first-order valence-electron chi connectivity index (χ1n) is 8.05. The van der Waals surface area contributed by atoms with Crippen LogP contribution < -0.4 is 0 Å². The van der Waals surface area contributed by atoms with E-state index in [2.05, 4.69) is 6.92 Å². The Morgan fingerprint density at radius 3 is 2.48 bits per heavy atom. The van der Waals surface area contributed by atoms with Crippen LogP contribution in [0.5, 0.6) is 0 Å². The summed E-state index contributed by atoms with van der Waals surface area (Å²) in [5.74, 6) is 0.0835. The van der Waals surface area contributed by atoms with Crippen molar-refractivity contribution in [2.24, 2.45) is 0 Å². The first-order valence-corrected chi connectivity index (χ1v) is 8.80. The molecule has 2 rings (SSSR count). The molecular weight excluding hydrogens is 335 g/mol. The summed E-state index contributed by atoms with van der Waals surface area (Å²) in [6, 6.07) is 4.90. The minimum atomic E-state index is -0.102. The zero-order valence-corrected chi connectivity index (χ0v) is 14.9. The molecule has 126 valence electrons. The molecule has 23 heavy (non-hydrogen) atoms. The van der Waals surface area contributed by atoms with Crippen molar-refractivity contribution < 1.29 is 9.59 Å². The third kappa shape index (κ3) is 4.85. The number of hydrogen-bond donors (Lipinski definition) is 0. The maximum absolute atomic E-state index is 12.6. The van der Waals surface area contributed by atoms with Gasteiger partial charge in [-0.1, -0.05) is 36.5 Å². The molecule has 2 amide bonds. The van der Waals surface area contributed by atoms with Gasteiger partial charge in [-0.2, -0.15) is 0 Å². The Bertz CT molecular complexity index is 578. The molecular formula is C17H22Cl2N2O2. The Morgan fingerprint density at radius 1 is 1.09 bits per heavy atom. The largest absolute Gasteiger partial charge is 0.341 e. The van der Waals surface area contributed by atoms with Gasteiger partial charge in [0.25, 0.3) is 5.91 Å². The fraction of sp³-hybridized carbons (Fsp3) is 0.529. The molecule has 0 saturated carbocycles. The van der Waals surface area contributed by atoms with Crippen LogP contribution in [-0.2, 0) is 4.79 Å². The number of amides is 2. The monoisotopic (exact) mass is 356 g/mol. The van der Waals surface area contributed by atoms with Crippen molar-refractivity contribution in [2.75, 3.05) is 26.2 Å². The van der Waals surface area contributed by atoms with E-state index in [1.165, 1.54) is 0 Å². The number of carbonyl (C=O) groups excluding carboxylic acids is 2. The molecule has 4 nitrogen and oxygen atoms in total. The summed E-state index contributed by atoms with van der Waals surface area (Å²) >= 11 is 12.0. The van der Waals surface area contributed by atoms with E-state index in [-0.39, 0.29) is 11.8 Å². The lowest BCUT2D eigenvalue weighted by atomic mass is 10.2. The highest BCUT2D eigenvalue weighted by Gasteiger charge is 2.23. The van der Waals surface area contributed by atoms with Gasteiger partial charge in [0.1, 0.15) is 0 Å². The van der Waals surface area contributed by atoms with Crippen molar-refractivity contribution in [3.8, 4) is 0 Å². The second-order valence-corrected chi connectivity index (χ2v) is 6.60. The van der Waals surface area contributed by atoms with Gasteiger partial charge in [-0.15, -0.1) is 0 Å². The van der Waals surface area contributed by atoms with Crippen molar-refractivity contribution in [3.63, 3.8) is 0 Å². The van der Waals surface area contributed by atoms with Crippen molar-refractivity contribution in [1.29, 1.82) is 0 Å². The fourth-order valence-corrected chi connectivity index (χ4v) is 3.18. The van der Waals surface area contributed by atoms with Crippen molar-refractivity contribution in [1.82, 2.24) is 9.80 Å². The molecule has 1 fully saturated rings.